The molecule has 1 aliphatic heterocycles. The number of hydrogen-bond acceptors (Lipinski definition) is 5. The first-order valence-electron chi connectivity index (χ1n) is 8.98. The van der Waals surface area contributed by atoms with E-state index in [0.717, 1.165) is 35.5 Å². The van der Waals surface area contributed by atoms with Crippen LogP contribution < -0.4 is 4.90 Å². The Labute approximate surface area is 155 Å². The molecule has 0 aliphatic carbocycles. The van der Waals surface area contributed by atoms with Gasteiger partial charge in [0.15, 0.2) is 5.65 Å². The third-order valence-corrected chi connectivity index (χ3v) is 5.01. The molecule has 5 rings (SSSR count). The maximum Gasteiger partial charge on any atom is 0.254 e. The molecule has 1 fully saturated rings. The van der Waals surface area contributed by atoms with Gasteiger partial charge in [-0.05, 0) is 30.3 Å². The number of hydrogen-bond donors (Lipinski definition) is 0. The van der Waals surface area contributed by atoms with Crippen molar-refractivity contribution in [2.24, 2.45) is 0 Å². The Morgan fingerprint density at radius 1 is 0.889 bits per heavy atom. The molecule has 0 saturated carbocycles. The number of fused-ring (bicyclic) bond motifs is 2. The van der Waals surface area contributed by atoms with Gasteiger partial charge in [0.1, 0.15) is 5.82 Å². The molecule has 4 aromatic rings. The molecule has 4 heterocycles. The molecule has 1 amide bonds. The molecule has 0 N–H and O–H groups in total. The van der Waals surface area contributed by atoms with E-state index in [4.69, 9.17) is 0 Å². The Morgan fingerprint density at radius 3 is 2.67 bits per heavy atom. The van der Waals surface area contributed by atoms with Gasteiger partial charge in [0.2, 0.25) is 0 Å². The molecule has 7 nitrogen and oxygen atoms in total. The summed E-state index contributed by atoms with van der Waals surface area (Å²) in [5.41, 5.74) is 2.39. The van der Waals surface area contributed by atoms with Gasteiger partial charge >= 0.3 is 0 Å². The zero-order valence-electron chi connectivity index (χ0n) is 14.7. The minimum absolute atomic E-state index is 0.0614. The van der Waals surface area contributed by atoms with Gasteiger partial charge in [-0.1, -0.05) is 12.1 Å². The van der Waals surface area contributed by atoms with Crippen LogP contribution in [0, 0.1) is 0 Å². The molecular weight excluding hydrogens is 340 g/mol. The second-order valence-corrected chi connectivity index (χ2v) is 6.58. The maximum atomic E-state index is 13.0. The second kappa shape index (κ2) is 6.35. The quantitative estimate of drug-likeness (QED) is 0.550. The summed E-state index contributed by atoms with van der Waals surface area (Å²) < 4.78 is 1.77. The van der Waals surface area contributed by atoms with Crippen molar-refractivity contribution in [3.05, 3.63) is 66.6 Å². The summed E-state index contributed by atoms with van der Waals surface area (Å²) in [6.45, 7) is 2.84. The predicted molar refractivity (Wildman–Crippen MR) is 103 cm³/mol. The number of amides is 1. The average Bonchev–Trinajstić information content (AvgIpc) is 3.21. The summed E-state index contributed by atoms with van der Waals surface area (Å²) in [4.78, 5) is 25.7. The van der Waals surface area contributed by atoms with Crippen LogP contribution in [0.2, 0.25) is 0 Å². The number of carbonyl (C=O) groups is 1. The first-order valence-corrected chi connectivity index (χ1v) is 8.98. The van der Waals surface area contributed by atoms with Crippen molar-refractivity contribution in [1.29, 1.82) is 0 Å². The van der Waals surface area contributed by atoms with Crippen LogP contribution in [0.5, 0.6) is 0 Å². The molecule has 1 saturated heterocycles. The lowest BCUT2D eigenvalue weighted by Gasteiger charge is -2.35. The third-order valence-electron chi connectivity index (χ3n) is 5.01. The van der Waals surface area contributed by atoms with Gasteiger partial charge in [0.25, 0.3) is 5.91 Å². The summed E-state index contributed by atoms with van der Waals surface area (Å²) >= 11 is 0. The average molecular weight is 358 g/mol. The van der Waals surface area contributed by atoms with E-state index in [0.29, 0.717) is 18.7 Å². The molecular formula is C20H18N6O. The van der Waals surface area contributed by atoms with Crippen LogP contribution in [0.4, 0.5) is 5.82 Å². The molecule has 3 aromatic heterocycles. The lowest BCUT2D eigenvalue weighted by molar-refractivity contribution is 0.0748. The normalized spacial score (nSPS) is 14.8. The zero-order valence-corrected chi connectivity index (χ0v) is 14.7. The summed E-state index contributed by atoms with van der Waals surface area (Å²) in [6, 6.07) is 13.5. The molecule has 0 bridgehead atoms. The fourth-order valence-corrected chi connectivity index (χ4v) is 3.57. The van der Waals surface area contributed by atoms with Crippen molar-refractivity contribution in [1.82, 2.24) is 24.5 Å². The summed E-state index contributed by atoms with van der Waals surface area (Å²) in [5, 5.41) is 5.50. The van der Waals surface area contributed by atoms with Gasteiger partial charge in [-0.25, -0.2) is 9.50 Å². The van der Waals surface area contributed by atoms with E-state index in [1.165, 1.54) is 0 Å². The lowest BCUT2D eigenvalue weighted by Crippen LogP contribution is -2.49. The number of anilines is 1. The summed E-state index contributed by atoms with van der Waals surface area (Å²) in [7, 11) is 0. The Kier molecular flexibility index (Phi) is 3.71. The first-order chi connectivity index (χ1) is 13.3. The molecule has 27 heavy (non-hydrogen) atoms. The highest BCUT2D eigenvalue weighted by molar-refractivity contribution is 6.06. The topological polar surface area (TPSA) is 66.6 Å². The van der Waals surface area contributed by atoms with E-state index in [2.05, 4.69) is 20.0 Å². The molecule has 0 unspecified atom stereocenters. The maximum absolute atomic E-state index is 13.0. The van der Waals surface area contributed by atoms with E-state index in [1.807, 2.05) is 53.6 Å². The Morgan fingerprint density at radius 2 is 1.78 bits per heavy atom. The largest absolute Gasteiger partial charge is 0.352 e. The third kappa shape index (κ3) is 2.77. The molecule has 1 aromatic carbocycles. The highest BCUT2D eigenvalue weighted by Crippen LogP contribution is 2.20. The Bertz CT molecular complexity index is 1120. The van der Waals surface area contributed by atoms with Crippen LogP contribution in [-0.2, 0) is 0 Å². The number of piperazine rings is 1. The summed E-state index contributed by atoms with van der Waals surface area (Å²) in [6.07, 6.45) is 5.33. The van der Waals surface area contributed by atoms with Crippen molar-refractivity contribution < 1.29 is 4.79 Å². The second-order valence-electron chi connectivity index (χ2n) is 6.58. The molecule has 7 heteroatoms. The number of aromatic nitrogens is 4. The van der Waals surface area contributed by atoms with Crippen LogP contribution in [0.3, 0.4) is 0 Å². The van der Waals surface area contributed by atoms with E-state index in [-0.39, 0.29) is 5.91 Å². The fourth-order valence-electron chi connectivity index (χ4n) is 3.57. The van der Waals surface area contributed by atoms with E-state index in [9.17, 15) is 4.79 Å². The first kappa shape index (κ1) is 15.7. The Hall–Kier alpha value is -3.48. The number of nitrogens with zero attached hydrogens (tertiary/aromatic N) is 6. The van der Waals surface area contributed by atoms with Crippen molar-refractivity contribution >= 4 is 28.3 Å². The van der Waals surface area contributed by atoms with Gasteiger partial charge in [0.05, 0.1) is 5.52 Å². The molecule has 1 aliphatic rings. The van der Waals surface area contributed by atoms with Gasteiger partial charge < -0.3 is 9.80 Å². The van der Waals surface area contributed by atoms with Crippen LogP contribution in [-0.4, -0.2) is 56.6 Å². The number of pyridine rings is 1. The van der Waals surface area contributed by atoms with Gasteiger partial charge in [-0.3, -0.25) is 9.78 Å². The van der Waals surface area contributed by atoms with Gasteiger partial charge in [0, 0.05) is 55.7 Å². The minimum Gasteiger partial charge on any atom is -0.352 e. The van der Waals surface area contributed by atoms with Crippen molar-refractivity contribution in [2.75, 3.05) is 31.1 Å². The van der Waals surface area contributed by atoms with Crippen LogP contribution in [0.25, 0.3) is 16.6 Å². The van der Waals surface area contributed by atoms with E-state index in [1.54, 1.807) is 16.9 Å². The van der Waals surface area contributed by atoms with Crippen LogP contribution in [0.15, 0.2) is 61.1 Å². The number of imidazole rings is 1. The predicted octanol–water partition coefficient (Wildman–Crippen LogP) is 2.24. The Balaban J connectivity index is 1.34. The van der Waals surface area contributed by atoms with Crippen LogP contribution >= 0.6 is 0 Å². The van der Waals surface area contributed by atoms with Crippen LogP contribution in [0.1, 0.15) is 10.4 Å². The summed E-state index contributed by atoms with van der Waals surface area (Å²) in [5.74, 6) is 0.966. The lowest BCUT2D eigenvalue weighted by atomic mass is 10.1. The molecule has 0 spiro atoms. The minimum atomic E-state index is 0.0614. The SMILES string of the molecule is O=C(c1cccc2ncccc12)N1CCN(c2ccc3nccn3n2)CC1. The van der Waals surface area contributed by atoms with Gasteiger partial charge in [-0.2, -0.15) is 0 Å². The molecule has 134 valence electrons. The zero-order chi connectivity index (χ0) is 18.2. The van der Waals surface area contributed by atoms with E-state index >= 15 is 0 Å². The van der Waals surface area contributed by atoms with Crippen molar-refractivity contribution in [2.45, 2.75) is 0 Å². The fraction of sp³-hybridized carbons (Fsp3) is 0.200. The standard InChI is InChI=1S/C20H18N6O/c27-20(16-3-1-5-17-15(16)4-2-8-21-17)25-13-11-24(12-14-25)19-7-6-18-22-9-10-26(18)23-19/h1-10H,11-14H2. The number of benzene rings is 1. The highest BCUT2D eigenvalue weighted by Gasteiger charge is 2.24. The van der Waals surface area contributed by atoms with E-state index < -0.39 is 0 Å². The number of rotatable bonds is 2. The van der Waals surface area contributed by atoms with Crippen molar-refractivity contribution in [3.63, 3.8) is 0 Å². The highest BCUT2D eigenvalue weighted by atomic mass is 16.2. The smallest absolute Gasteiger partial charge is 0.254 e. The molecule has 0 atom stereocenters. The molecule has 0 radical (unpaired) electrons. The number of carbonyl (C=O) groups excluding carboxylic acids is 1. The van der Waals surface area contributed by atoms with Gasteiger partial charge in [-0.15, -0.1) is 5.10 Å². The monoisotopic (exact) mass is 358 g/mol. The van der Waals surface area contributed by atoms with Crippen molar-refractivity contribution in [3.8, 4) is 0 Å².